The molecule has 0 aliphatic heterocycles. The summed E-state index contributed by atoms with van der Waals surface area (Å²) >= 11 is 0. The fourth-order valence-corrected chi connectivity index (χ4v) is 3.32. The molecule has 1 saturated carbocycles. The second-order valence-corrected chi connectivity index (χ2v) is 5.78. The largest absolute Gasteiger partial charge is 0.295 e. The lowest BCUT2D eigenvalue weighted by molar-refractivity contribution is -0.114. The number of rotatable bonds is 1. The Kier molecular flexibility index (Phi) is 1.92. The van der Waals surface area contributed by atoms with Gasteiger partial charge in [0, 0.05) is 12.6 Å². The number of anilines is 1. The Morgan fingerprint density at radius 2 is 2.12 bits per heavy atom. The molecule has 0 saturated heterocycles. The van der Waals surface area contributed by atoms with E-state index in [0.29, 0.717) is 17.3 Å². The smallest absolute Gasteiger partial charge is 0.229 e. The second-order valence-electron chi connectivity index (χ2n) is 5.78. The molecule has 0 unspecified atom stereocenters. The highest BCUT2D eigenvalue weighted by atomic mass is 16.1. The van der Waals surface area contributed by atoms with Gasteiger partial charge in [-0.3, -0.25) is 10.1 Å². The lowest BCUT2D eigenvalue weighted by atomic mass is 9.97. The van der Waals surface area contributed by atoms with Gasteiger partial charge in [-0.05, 0) is 36.2 Å². The summed E-state index contributed by atoms with van der Waals surface area (Å²) in [5, 5.41) is 2.66. The van der Waals surface area contributed by atoms with Crippen LogP contribution in [0.1, 0.15) is 43.6 Å². The number of aromatic nitrogens is 2. The lowest BCUT2D eigenvalue weighted by Gasteiger charge is -2.13. The maximum Gasteiger partial charge on any atom is 0.229 e. The molecule has 4 heteroatoms. The molecular weight excluding hydrogens is 214 g/mol. The normalized spacial score (nSPS) is 27.3. The maximum atomic E-state index is 11.0. The van der Waals surface area contributed by atoms with E-state index >= 15 is 0 Å². The molecule has 2 atom stereocenters. The van der Waals surface area contributed by atoms with E-state index in [1.807, 2.05) is 6.92 Å². The van der Waals surface area contributed by atoms with Crippen LogP contribution in [0, 0.1) is 18.3 Å². The van der Waals surface area contributed by atoms with Crippen LogP contribution in [0.25, 0.3) is 0 Å². The van der Waals surface area contributed by atoms with E-state index in [-0.39, 0.29) is 5.91 Å². The number of nitrogens with zero attached hydrogens (tertiary/aromatic N) is 2. The molecule has 90 valence electrons. The number of hydrogen-bond donors (Lipinski definition) is 1. The van der Waals surface area contributed by atoms with Crippen LogP contribution < -0.4 is 5.32 Å². The summed E-state index contributed by atoms with van der Waals surface area (Å²) < 4.78 is 0. The highest BCUT2D eigenvalue weighted by Gasteiger charge is 2.63. The van der Waals surface area contributed by atoms with Crippen molar-refractivity contribution in [3.05, 3.63) is 17.0 Å². The van der Waals surface area contributed by atoms with Crippen LogP contribution in [-0.4, -0.2) is 15.9 Å². The molecule has 1 N–H and O–H groups in total. The van der Waals surface area contributed by atoms with Crippen molar-refractivity contribution in [1.29, 1.82) is 0 Å². The quantitative estimate of drug-likeness (QED) is 0.804. The Morgan fingerprint density at radius 1 is 1.41 bits per heavy atom. The van der Waals surface area contributed by atoms with Gasteiger partial charge in [0.05, 0.1) is 5.69 Å². The van der Waals surface area contributed by atoms with Gasteiger partial charge in [0.25, 0.3) is 0 Å². The van der Waals surface area contributed by atoms with Crippen LogP contribution in [0.4, 0.5) is 5.95 Å². The van der Waals surface area contributed by atoms with Gasteiger partial charge < -0.3 is 0 Å². The minimum absolute atomic E-state index is 0.118. The zero-order valence-corrected chi connectivity index (χ0v) is 10.7. The first-order chi connectivity index (χ1) is 7.91. The van der Waals surface area contributed by atoms with E-state index in [9.17, 15) is 4.79 Å². The van der Waals surface area contributed by atoms with Crippen molar-refractivity contribution >= 4 is 11.9 Å². The van der Waals surface area contributed by atoms with Crippen molar-refractivity contribution in [2.75, 3.05) is 5.32 Å². The third-order valence-corrected chi connectivity index (χ3v) is 4.28. The first-order valence-electron chi connectivity index (χ1n) is 6.06. The molecule has 2 aliphatic rings. The minimum atomic E-state index is -0.118. The van der Waals surface area contributed by atoms with Crippen LogP contribution in [-0.2, 0) is 11.2 Å². The molecule has 4 nitrogen and oxygen atoms in total. The zero-order chi connectivity index (χ0) is 12.4. The molecule has 0 aromatic carbocycles. The zero-order valence-electron chi connectivity index (χ0n) is 10.7. The van der Waals surface area contributed by atoms with Gasteiger partial charge in [-0.1, -0.05) is 13.8 Å². The summed E-state index contributed by atoms with van der Waals surface area (Å²) in [5.41, 5.74) is 3.90. The van der Waals surface area contributed by atoms with Gasteiger partial charge in [-0.15, -0.1) is 0 Å². The molecule has 0 radical (unpaired) electrons. The summed E-state index contributed by atoms with van der Waals surface area (Å²) in [5.74, 6) is 1.68. The number of nitrogens with one attached hydrogen (secondary N) is 1. The highest BCUT2D eigenvalue weighted by molar-refractivity contribution is 5.86. The molecule has 3 rings (SSSR count). The summed E-state index contributed by atoms with van der Waals surface area (Å²) in [7, 11) is 0. The van der Waals surface area contributed by atoms with Crippen LogP contribution in [0.15, 0.2) is 0 Å². The molecule has 1 aromatic heterocycles. The molecule has 1 amide bonds. The van der Waals surface area contributed by atoms with E-state index in [1.165, 1.54) is 12.5 Å². The topological polar surface area (TPSA) is 54.9 Å². The number of amides is 1. The standard InChI is InChI=1S/C13H17N3O/c1-6-10-9(5-8-11(10)13(8,3)4)16-12(14-6)15-7(2)17/h8,11H,5H2,1-4H3,(H,14,15,16,17)/t8-,11-/m0/s1. The van der Waals surface area contributed by atoms with Gasteiger partial charge in [0.1, 0.15) is 0 Å². The van der Waals surface area contributed by atoms with Crippen molar-refractivity contribution in [2.24, 2.45) is 11.3 Å². The van der Waals surface area contributed by atoms with Crippen molar-refractivity contribution in [3.8, 4) is 0 Å². The van der Waals surface area contributed by atoms with Crippen molar-refractivity contribution in [3.63, 3.8) is 0 Å². The van der Waals surface area contributed by atoms with Crippen LogP contribution in [0.2, 0.25) is 0 Å². The Labute approximate surface area is 101 Å². The predicted octanol–water partition coefficient (Wildman–Crippen LogP) is 2.04. The molecule has 2 aliphatic carbocycles. The maximum absolute atomic E-state index is 11.0. The summed E-state index contributed by atoms with van der Waals surface area (Å²) in [6, 6.07) is 0. The minimum Gasteiger partial charge on any atom is -0.295 e. The van der Waals surface area contributed by atoms with E-state index in [0.717, 1.165) is 23.7 Å². The molecule has 0 bridgehead atoms. The number of carbonyl (C=O) groups is 1. The van der Waals surface area contributed by atoms with Crippen molar-refractivity contribution in [1.82, 2.24) is 9.97 Å². The summed E-state index contributed by atoms with van der Waals surface area (Å²) in [6.07, 6.45) is 1.03. The fraction of sp³-hybridized carbons (Fsp3) is 0.615. The number of hydrogen-bond acceptors (Lipinski definition) is 3. The number of carbonyl (C=O) groups excluding carboxylic acids is 1. The second kappa shape index (κ2) is 3.06. The van der Waals surface area contributed by atoms with Gasteiger partial charge >= 0.3 is 0 Å². The monoisotopic (exact) mass is 231 g/mol. The average molecular weight is 231 g/mol. The summed E-state index contributed by atoms with van der Waals surface area (Å²) in [6.45, 7) is 8.12. The SMILES string of the molecule is CC(=O)Nc1nc(C)c2c(n1)C[C@H]1[C@@H]2C1(C)C. The van der Waals surface area contributed by atoms with Crippen molar-refractivity contribution in [2.45, 2.75) is 40.0 Å². The third kappa shape index (κ3) is 1.39. The Hall–Kier alpha value is -1.45. The van der Waals surface area contributed by atoms with E-state index in [4.69, 9.17) is 0 Å². The third-order valence-electron chi connectivity index (χ3n) is 4.28. The van der Waals surface area contributed by atoms with E-state index < -0.39 is 0 Å². The number of aryl methyl sites for hydroxylation is 1. The number of fused-ring (bicyclic) bond motifs is 3. The Morgan fingerprint density at radius 3 is 2.76 bits per heavy atom. The fourth-order valence-electron chi connectivity index (χ4n) is 3.32. The Bertz CT molecular complexity index is 522. The molecule has 0 spiro atoms. The average Bonchev–Trinajstić information content (AvgIpc) is 2.57. The van der Waals surface area contributed by atoms with Gasteiger partial charge in [-0.2, -0.15) is 0 Å². The van der Waals surface area contributed by atoms with E-state index in [1.54, 1.807) is 0 Å². The predicted molar refractivity (Wildman–Crippen MR) is 64.8 cm³/mol. The molecule has 1 aromatic rings. The molecule has 17 heavy (non-hydrogen) atoms. The van der Waals surface area contributed by atoms with Crippen molar-refractivity contribution < 1.29 is 4.79 Å². The Balaban J connectivity index is 2.00. The van der Waals surface area contributed by atoms with Gasteiger partial charge in [0.2, 0.25) is 11.9 Å². The van der Waals surface area contributed by atoms with Gasteiger partial charge in [-0.25, -0.2) is 9.97 Å². The highest BCUT2D eigenvalue weighted by Crippen LogP contribution is 2.70. The first-order valence-corrected chi connectivity index (χ1v) is 6.06. The first kappa shape index (κ1) is 10.7. The molecular formula is C13H17N3O. The molecule has 1 heterocycles. The van der Waals surface area contributed by atoms with E-state index in [2.05, 4.69) is 29.1 Å². The van der Waals surface area contributed by atoms with Crippen LogP contribution >= 0.6 is 0 Å². The van der Waals surface area contributed by atoms with Crippen LogP contribution in [0.5, 0.6) is 0 Å². The van der Waals surface area contributed by atoms with Crippen LogP contribution in [0.3, 0.4) is 0 Å². The lowest BCUT2D eigenvalue weighted by Crippen LogP contribution is -2.13. The molecule has 1 fully saturated rings. The summed E-state index contributed by atoms with van der Waals surface area (Å²) in [4.78, 5) is 19.9. The van der Waals surface area contributed by atoms with Gasteiger partial charge in [0.15, 0.2) is 0 Å².